The fourth-order valence-corrected chi connectivity index (χ4v) is 4.49. The van der Waals surface area contributed by atoms with E-state index in [1.54, 1.807) is 0 Å². The standard InChI is InChI=1S/C25H23NO/c1-16-15-25(2,3)26-20-14-13-19-18-11-7-8-12-21(18)27-24(23(19)22(16)20)17-9-5-4-6-10-17/h4-15,24,26H,1-3H3/t24-/m0/s1. The van der Waals surface area contributed by atoms with Gasteiger partial charge in [0, 0.05) is 22.4 Å². The van der Waals surface area contributed by atoms with Crippen molar-refractivity contribution in [3.63, 3.8) is 0 Å². The third kappa shape index (κ3) is 2.56. The van der Waals surface area contributed by atoms with Crippen molar-refractivity contribution in [3.05, 3.63) is 89.5 Å². The Kier molecular flexibility index (Phi) is 3.45. The van der Waals surface area contributed by atoms with E-state index in [0.29, 0.717) is 0 Å². The van der Waals surface area contributed by atoms with Crippen molar-refractivity contribution in [2.24, 2.45) is 0 Å². The van der Waals surface area contributed by atoms with Crippen LogP contribution in [0.2, 0.25) is 0 Å². The van der Waals surface area contributed by atoms with Crippen molar-refractivity contribution >= 4 is 11.3 Å². The van der Waals surface area contributed by atoms with Crippen LogP contribution in [0.3, 0.4) is 0 Å². The smallest absolute Gasteiger partial charge is 0.150 e. The van der Waals surface area contributed by atoms with Gasteiger partial charge in [0.15, 0.2) is 6.10 Å². The number of benzene rings is 3. The summed E-state index contributed by atoms with van der Waals surface area (Å²) in [6, 6.07) is 23.3. The van der Waals surface area contributed by atoms with Crippen molar-refractivity contribution < 1.29 is 4.74 Å². The Morgan fingerprint density at radius 3 is 2.41 bits per heavy atom. The lowest BCUT2D eigenvalue weighted by molar-refractivity contribution is 0.243. The average Bonchev–Trinajstić information content (AvgIpc) is 2.66. The van der Waals surface area contributed by atoms with Crippen LogP contribution < -0.4 is 10.1 Å². The molecule has 0 saturated carbocycles. The van der Waals surface area contributed by atoms with Crippen LogP contribution in [-0.4, -0.2) is 5.54 Å². The highest BCUT2D eigenvalue weighted by atomic mass is 16.5. The fraction of sp³-hybridized carbons (Fsp3) is 0.200. The Bertz CT molecular complexity index is 1060. The lowest BCUT2D eigenvalue weighted by Gasteiger charge is -2.37. The number of allylic oxidation sites excluding steroid dienone is 1. The van der Waals surface area contributed by atoms with E-state index in [2.05, 4.69) is 92.8 Å². The molecule has 1 N–H and O–H groups in total. The first-order chi connectivity index (χ1) is 13.0. The van der Waals surface area contributed by atoms with Crippen LogP contribution in [0.1, 0.15) is 43.6 Å². The molecule has 2 nitrogen and oxygen atoms in total. The second-order valence-electron chi connectivity index (χ2n) is 8.03. The maximum Gasteiger partial charge on any atom is 0.150 e. The van der Waals surface area contributed by atoms with Gasteiger partial charge in [0.2, 0.25) is 0 Å². The van der Waals surface area contributed by atoms with Gasteiger partial charge in [-0.3, -0.25) is 0 Å². The summed E-state index contributed by atoms with van der Waals surface area (Å²) in [4.78, 5) is 0. The molecule has 134 valence electrons. The highest BCUT2D eigenvalue weighted by Gasteiger charge is 2.34. The predicted molar refractivity (Wildman–Crippen MR) is 112 cm³/mol. The molecule has 0 bridgehead atoms. The van der Waals surface area contributed by atoms with Gasteiger partial charge < -0.3 is 10.1 Å². The number of hydrogen-bond acceptors (Lipinski definition) is 2. The normalized spacial score (nSPS) is 18.9. The molecule has 0 amide bonds. The summed E-state index contributed by atoms with van der Waals surface area (Å²) < 4.78 is 6.56. The Morgan fingerprint density at radius 1 is 0.852 bits per heavy atom. The number of ether oxygens (including phenoxy) is 1. The zero-order chi connectivity index (χ0) is 18.6. The SMILES string of the molecule is CC1=CC(C)(C)Nc2ccc3c(c21)[C@H](c1ccccc1)Oc1ccccc1-3. The summed E-state index contributed by atoms with van der Waals surface area (Å²) in [7, 11) is 0. The second kappa shape index (κ2) is 5.75. The molecule has 2 aliphatic rings. The first-order valence-corrected chi connectivity index (χ1v) is 9.49. The van der Waals surface area contributed by atoms with Gasteiger partial charge in [-0.15, -0.1) is 0 Å². The molecule has 3 aromatic carbocycles. The van der Waals surface area contributed by atoms with Crippen LogP contribution in [0.15, 0.2) is 72.8 Å². The van der Waals surface area contributed by atoms with Crippen LogP contribution in [0.5, 0.6) is 5.75 Å². The van der Waals surface area contributed by atoms with Gasteiger partial charge in [-0.2, -0.15) is 0 Å². The minimum atomic E-state index is -0.114. The van der Waals surface area contributed by atoms with E-state index in [4.69, 9.17) is 4.74 Å². The monoisotopic (exact) mass is 353 g/mol. The Labute approximate surface area is 160 Å². The van der Waals surface area contributed by atoms with E-state index < -0.39 is 0 Å². The maximum absolute atomic E-state index is 6.56. The highest BCUT2D eigenvalue weighted by Crippen LogP contribution is 2.50. The van der Waals surface area contributed by atoms with Crippen LogP contribution in [-0.2, 0) is 0 Å². The van der Waals surface area contributed by atoms with Crippen molar-refractivity contribution in [3.8, 4) is 16.9 Å². The Hall–Kier alpha value is -3.00. The molecule has 0 unspecified atom stereocenters. The van der Waals surface area contributed by atoms with Crippen molar-refractivity contribution in [1.82, 2.24) is 0 Å². The Balaban J connectivity index is 1.82. The average molecular weight is 353 g/mol. The van der Waals surface area contributed by atoms with E-state index in [-0.39, 0.29) is 11.6 Å². The molecule has 0 saturated heterocycles. The van der Waals surface area contributed by atoms with E-state index >= 15 is 0 Å². The van der Waals surface area contributed by atoms with Gasteiger partial charge in [0.25, 0.3) is 0 Å². The molecule has 27 heavy (non-hydrogen) atoms. The number of rotatable bonds is 1. The Morgan fingerprint density at radius 2 is 1.59 bits per heavy atom. The topological polar surface area (TPSA) is 21.3 Å². The molecule has 0 spiro atoms. The van der Waals surface area contributed by atoms with E-state index in [0.717, 1.165) is 5.75 Å². The fourth-order valence-electron chi connectivity index (χ4n) is 4.49. The molecule has 0 fully saturated rings. The van der Waals surface area contributed by atoms with Crippen molar-refractivity contribution in [2.75, 3.05) is 5.32 Å². The second-order valence-corrected chi connectivity index (χ2v) is 8.03. The molecule has 2 heteroatoms. The van der Waals surface area contributed by atoms with Gasteiger partial charge in [0.05, 0.1) is 5.54 Å². The lowest BCUT2D eigenvalue weighted by Crippen LogP contribution is -2.32. The van der Waals surface area contributed by atoms with Crippen molar-refractivity contribution in [2.45, 2.75) is 32.4 Å². The molecule has 0 aliphatic carbocycles. The maximum atomic E-state index is 6.56. The molecule has 2 heterocycles. The van der Waals surface area contributed by atoms with Gasteiger partial charge in [-0.05, 0) is 49.6 Å². The molecule has 2 aliphatic heterocycles. The highest BCUT2D eigenvalue weighted by molar-refractivity contribution is 5.90. The predicted octanol–water partition coefficient (Wildman–Crippen LogP) is 6.44. The minimum Gasteiger partial charge on any atom is -0.480 e. The van der Waals surface area contributed by atoms with Gasteiger partial charge in [-0.25, -0.2) is 0 Å². The molecular formula is C25H23NO. The summed E-state index contributed by atoms with van der Waals surface area (Å²) in [5.74, 6) is 0.949. The summed E-state index contributed by atoms with van der Waals surface area (Å²) in [5.41, 5.74) is 8.57. The zero-order valence-corrected chi connectivity index (χ0v) is 15.9. The minimum absolute atomic E-state index is 0.0546. The number of nitrogens with one attached hydrogen (secondary N) is 1. The van der Waals surface area contributed by atoms with Crippen molar-refractivity contribution in [1.29, 1.82) is 0 Å². The largest absolute Gasteiger partial charge is 0.480 e. The molecule has 3 aromatic rings. The first-order valence-electron chi connectivity index (χ1n) is 9.49. The van der Waals surface area contributed by atoms with E-state index in [1.807, 2.05) is 6.07 Å². The number of anilines is 1. The third-order valence-electron chi connectivity index (χ3n) is 5.46. The van der Waals surface area contributed by atoms with Crippen LogP contribution in [0.4, 0.5) is 5.69 Å². The van der Waals surface area contributed by atoms with Crippen LogP contribution >= 0.6 is 0 Å². The summed E-state index contributed by atoms with van der Waals surface area (Å²) in [5, 5.41) is 3.68. The van der Waals surface area contributed by atoms with Gasteiger partial charge in [0.1, 0.15) is 5.75 Å². The molecule has 0 aromatic heterocycles. The van der Waals surface area contributed by atoms with Crippen LogP contribution in [0.25, 0.3) is 16.7 Å². The number of hydrogen-bond donors (Lipinski definition) is 1. The number of para-hydroxylation sites is 1. The summed E-state index contributed by atoms with van der Waals surface area (Å²) in [6.07, 6.45) is 2.20. The van der Waals surface area contributed by atoms with Gasteiger partial charge >= 0.3 is 0 Å². The third-order valence-corrected chi connectivity index (χ3v) is 5.46. The lowest BCUT2D eigenvalue weighted by atomic mass is 9.80. The molecular weight excluding hydrogens is 330 g/mol. The molecule has 1 atom stereocenters. The molecule has 5 rings (SSSR count). The quantitative estimate of drug-likeness (QED) is 0.543. The first kappa shape index (κ1) is 16.2. The summed E-state index contributed by atoms with van der Waals surface area (Å²) >= 11 is 0. The number of fused-ring (bicyclic) bond motifs is 5. The zero-order valence-electron chi connectivity index (χ0n) is 15.9. The van der Waals surface area contributed by atoms with Crippen LogP contribution in [0, 0.1) is 0 Å². The van der Waals surface area contributed by atoms with E-state index in [9.17, 15) is 0 Å². The van der Waals surface area contributed by atoms with Gasteiger partial charge in [-0.1, -0.05) is 60.7 Å². The van der Waals surface area contributed by atoms with E-state index in [1.165, 1.54) is 39.1 Å². The summed E-state index contributed by atoms with van der Waals surface area (Å²) in [6.45, 7) is 6.63. The molecule has 0 radical (unpaired) electrons.